The summed E-state index contributed by atoms with van der Waals surface area (Å²) in [5.41, 5.74) is 4.99. The zero-order valence-corrected chi connectivity index (χ0v) is 26.0. The van der Waals surface area contributed by atoms with Crippen molar-refractivity contribution in [3.8, 4) is 28.4 Å². The molecule has 5 rings (SSSR count). The number of piperidine rings is 1. The van der Waals surface area contributed by atoms with Crippen LogP contribution in [0.3, 0.4) is 0 Å². The first-order valence-corrected chi connectivity index (χ1v) is 15.3. The second-order valence-corrected chi connectivity index (χ2v) is 11.5. The first-order valence-electron chi connectivity index (χ1n) is 15.3. The number of carbonyl (C=O) groups is 2. The lowest BCUT2D eigenvalue weighted by Crippen LogP contribution is -2.46. The molecule has 0 atom stereocenters. The van der Waals surface area contributed by atoms with E-state index in [-0.39, 0.29) is 24.5 Å². The van der Waals surface area contributed by atoms with Crippen LogP contribution in [0.1, 0.15) is 59.7 Å². The van der Waals surface area contributed by atoms with Crippen LogP contribution in [0.15, 0.2) is 91.0 Å². The maximum Gasteiger partial charge on any atom is 0.407 e. The summed E-state index contributed by atoms with van der Waals surface area (Å²) >= 11 is 0. The Morgan fingerprint density at radius 1 is 0.800 bits per heavy atom. The largest absolute Gasteiger partial charge is 0.496 e. The molecule has 1 saturated heterocycles. The molecule has 0 saturated carbocycles. The molecule has 0 aliphatic carbocycles. The Kier molecular flexibility index (Phi) is 10.2. The monoisotopic (exact) mass is 608 g/mol. The van der Waals surface area contributed by atoms with Gasteiger partial charge in [-0.2, -0.15) is 0 Å². The van der Waals surface area contributed by atoms with Crippen LogP contribution in [0.4, 0.5) is 4.79 Å². The number of methoxy groups -OCH3 is 1. The summed E-state index contributed by atoms with van der Waals surface area (Å²) in [5.74, 6) is 1.60. The van der Waals surface area contributed by atoms with Crippen molar-refractivity contribution in [3.05, 3.63) is 113 Å². The number of rotatable bonds is 11. The lowest BCUT2D eigenvalue weighted by molar-refractivity contribution is 0.0903. The van der Waals surface area contributed by atoms with E-state index in [1.165, 1.54) is 4.90 Å². The van der Waals surface area contributed by atoms with E-state index >= 15 is 0 Å². The number of carboxylic acid groups (broad SMARTS) is 1. The summed E-state index contributed by atoms with van der Waals surface area (Å²) in [5, 5.41) is 12.5. The fraction of sp³-hybridized carbons (Fsp3) is 0.297. The normalized spacial score (nSPS) is 13.4. The number of hydrogen-bond donors (Lipinski definition) is 2. The first kappa shape index (κ1) is 31.4. The minimum Gasteiger partial charge on any atom is -0.496 e. The summed E-state index contributed by atoms with van der Waals surface area (Å²) < 4.78 is 18.6. The molecule has 0 aromatic heterocycles. The minimum atomic E-state index is -0.940. The van der Waals surface area contributed by atoms with Crippen LogP contribution >= 0.6 is 0 Å². The SMILES string of the molecule is COc1ccc(C(C)C)cc1-c1cc(C(=O)NC2CCN(C(=O)O)CC2)c(OCc2ccccc2)cc1OCc1ccccc1. The fourth-order valence-electron chi connectivity index (χ4n) is 5.43. The van der Waals surface area contributed by atoms with Gasteiger partial charge in [0, 0.05) is 36.3 Å². The number of carbonyl (C=O) groups excluding carboxylic acids is 1. The number of amides is 2. The van der Waals surface area contributed by atoms with E-state index in [1.807, 2.05) is 78.9 Å². The van der Waals surface area contributed by atoms with Gasteiger partial charge in [0.1, 0.15) is 30.5 Å². The Labute approximate surface area is 264 Å². The average molecular weight is 609 g/mol. The summed E-state index contributed by atoms with van der Waals surface area (Å²) in [7, 11) is 1.63. The van der Waals surface area contributed by atoms with Crippen molar-refractivity contribution in [2.75, 3.05) is 20.2 Å². The van der Waals surface area contributed by atoms with Crippen LogP contribution in [-0.2, 0) is 13.2 Å². The molecule has 1 aliphatic heterocycles. The molecule has 1 fully saturated rings. The number of nitrogens with zero attached hydrogens (tertiary/aromatic N) is 1. The van der Waals surface area contributed by atoms with Crippen LogP contribution in [0.5, 0.6) is 17.2 Å². The minimum absolute atomic E-state index is 0.161. The smallest absolute Gasteiger partial charge is 0.407 e. The third kappa shape index (κ3) is 7.95. The third-order valence-corrected chi connectivity index (χ3v) is 8.08. The lowest BCUT2D eigenvalue weighted by atomic mass is 9.94. The zero-order valence-electron chi connectivity index (χ0n) is 26.0. The van der Waals surface area contributed by atoms with Crippen molar-refractivity contribution in [2.45, 2.75) is 51.9 Å². The zero-order chi connectivity index (χ0) is 31.8. The molecule has 0 unspecified atom stereocenters. The molecule has 0 radical (unpaired) electrons. The van der Waals surface area contributed by atoms with Gasteiger partial charge in [-0.3, -0.25) is 4.79 Å². The molecular formula is C37H40N2O6. The van der Waals surface area contributed by atoms with Gasteiger partial charge in [-0.05, 0) is 53.6 Å². The van der Waals surface area contributed by atoms with E-state index < -0.39 is 6.09 Å². The highest BCUT2D eigenvalue weighted by Crippen LogP contribution is 2.42. The van der Waals surface area contributed by atoms with Gasteiger partial charge in [0.25, 0.3) is 5.91 Å². The van der Waals surface area contributed by atoms with Gasteiger partial charge in [-0.25, -0.2) is 4.79 Å². The number of nitrogens with one attached hydrogen (secondary N) is 1. The summed E-state index contributed by atoms with van der Waals surface area (Å²) in [4.78, 5) is 26.8. The molecule has 45 heavy (non-hydrogen) atoms. The molecule has 1 heterocycles. The summed E-state index contributed by atoms with van der Waals surface area (Å²) in [6.45, 7) is 5.59. The Hall–Kier alpha value is -4.98. The molecule has 234 valence electrons. The molecule has 8 heteroatoms. The first-order chi connectivity index (χ1) is 21.8. The van der Waals surface area contributed by atoms with Crippen molar-refractivity contribution < 1.29 is 28.9 Å². The van der Waals surface area contributed by atoms with E-state index in [9.17, 15) is 14.7 Å². The van der Waals surface area contributed by atoms with Crippen LogP contribution < -0.4 is 19.5 Å². The van der Waals surface area contributed by atoms with Gasteiger partial charge < -0.3 is 29.5 Å². The van der Waals surface area contributed by atoms with Gasteiger partial charge in [-0.15, -0.1) is 0 Å². The number of benzene rings is 4. The maximum absolute atomic E-state index is 14.0. The summed E-state index contributed by atoms with van der Waals surface area (Å²) in [6, 6.07) is 29.2. The number of ether oxygens (including phenoxy) is 3. The Morgan fingerprint density at radius 2 is 1.38 bits per heavy atom. The van der Waals surface area contributed by atoms with E-state index in [0.717, 1.165) is 22.3 Å². The standard InChI is InChI=1S/C37H40N2O6/c1-25(2)28-14-15-33(43-3)30(20-28)31-21-32(36(40)38-29-16-18-39(19-17-29)37(41)42)35(45-24-27-12-8-5-9-13-27)22-34(31)44-23-26-10-6-4-7-11-26/h4-15,20-22,25,29H,16-19,23-24H2,1-3H3,(H,38,40)(H,41,42). The molecule has 2 amide bonds. The second-order valence-electron chi connectivity index (χ2n) is 11.5. The van der Waals surface area contributed by atoms with Crippen molar-refractivity contribution in [1.29, 1.82) is 0 Å². The fourth-order valence-corrected chi connectivity index (χ4v) is 5.43. The molecule has 1 aliphatic rings. The van der Waals surface area contributed by atoms with Crippen molar-refractivity contribution in [1.82, 2.24) is 10.2 Å². The van der Waals surface area contributed by atoms with Gasteiger partial charge in [0.05, 0.1) is 12.7 Å². The Balaban J connectivity index is 1.57. The average Bonchev–Trinajstić information content (AvgIpc) is 3.07. The van der Waals surface area contributed by atoms with Gasteiger partial charge >= 0.3 is 6.09 Å². The van der Waals surface area contributed by atoms with Crippen LogP contribution in [0, 0.1) is 0 Å². The number of likely N-dealkylation sites (tertiary alicyclic amines) is 1. The molecule has 0 spiro atoms. The van der Waals surface area contributed by atoms with Crippen molar-refractivity contribution >= 4 is 12.0 Å². The lowest BCUT2D eigenvalue weighted by Gasteiger charge is -2.30. The van der Waals surface area contributed by atoms with Crippen LogP contribution in [0.2, 0.25) is 0 Å². The van der Waals surface area contributed by atoms with Crippen molar-refractivity contribution in [2.24, 2.45) is 0 Å². The van der Waals surface area contributed by atoms with Gasteiger partial charge in [0.15, 0.2) is 0 Å². The summed E-state index contributed by atoms with van der Waals surface area (Å²) in [6.07, 6.45) is 0.131. The number of hydrogen-bond acceptors (Lipinski definition) is 5. The third-order valence-electron chi connectivity index (χ3n) is 8.08. The molecule has 4 aromatic carbocycles. The van der Waals surface area contributed by atoms with Gasteiger partial charge in [0.2, 0.25) is 0 Å². The highest BCUT2D eigenvalue weighted by atomic mass is 16.5. The highest BCUT2D eigenvalue weighted by molar-refractivity contribution is 5.99. The van der Waals surface area contributed by atoms with Crippen LogP contribution in [0.25, 0.3) is 11.1 Å². The van der Waals surface area contributed by atoms with Gasteiger partial charge in [-0.1, -0.05) is 80.6 Å². The topological polar surface area (TPSA) is 97.3 Å². The van der Waals surface area contributed by atoms with E-state index in [2.05, 4.69) is 25.2 Å². The second kappa shape index (κ2) is 14.7. The predicted molar refractivity (Wildman–Crippen MR) is 174 cm³/mol. The molecule has 8 nitrogen and oxygen atoms in total. The molecule has 4 aromatic rings. The van der Waals surface area contributed by atoms with E-state index in [0.29, 0.717) is 60.9 Å². The Morgan fingerprint density at radius 3 is 1.93 bits per heavy atom. The van der Waals surface area contributed by atoms with E-state index in [4.69, 9.17) is 14.2 Å². The van der Waals surface area contributed by atoms with E-state index in [1.54, 1.807) is 13.2 Å². The Bertz CT molecular complexity index is 1600. The van der Waals surface area contributed by atoms with Crippen LogP contribution in [-0.4, -0.2) is 48.2 Å². The maximum atomic E-state index is 14.0. The molecule has 0 bridgehead atoms. The molecule has 2 N–H and O–H groups in total. The quantitative estimate of drug-likeness (QED) is 0.183. The predicted octanol–water partition coefficient (Wildman–Crippen LogP) is 7.52. The molecular weight excluding hydrogens is 568 g/mol. The highest BCUT2D eigenvalue weighted by Gasteiger charge is 2.27. The van der Waals surface area contributed by atoms with Crippen molar-refractivity contribution in [3.63, 3.8) is 0 Å².